The standard InChI is InChI=1S/C17H32N4O5S/c1-9(2)8-13(21-14(22)10(3)18)16(24)20-12(6-7-27-5)15(23)19-11(4)17(25)26/h9-13H,6-8,18H2,1-5H3,(H,19,23)(H,20,24)(H,21,22)(H,25,26). The number of carboxylic acids is 1. The molecule has 0 fully saturated rings. The molecule has 4 unspecified atom stereocenters. The number of thioether (sulfide) groups is 1. The summed E-state index contributed by atoms with van der Waals surface area (Å²) in [6.07, 6.45) is 2.58. The van der Waals surface area contributed by atoms with E-state index in [2.05, 4.69) is 16.0 Å². The average Bonchev–Trinajstić information content (AvgIpc) is 2.56. The highest BCUT2D eigenvalue weighted by Crippen LogP contribution is 2.08. The third kappa shape index (κ3) is 10.2. The summed E-state index contributed by atoms with van der Waals surface area (Å²) in [7, 11) is 0. The van der Waals surface area contributed by atoms with Gasteiger partial charge in [0.2, 0.25) is 17.7 Å². The van der Waals surface area contributed by atoms with Gasteiger partial charge in [-0.25, -0.2) is 0 Å². The number of carbonyl (C=O) groups is 4. The fourth-order valence-electron chi connectivity index (χ4n) is 2.16. The van der Waals surface area contributed by atoms with E-state index in [1.54, 1.807) is 0 Å². The van der Waals surface area contributed by atoms with Crippen LogP contribution < -0.4 is 21.7 Å². The highest BCUT2D eigenvalue weighted by molar-refractivity contribution is 7.98. The van der Waals surface area contributed by atoms with Gasteiger partial charge in [-0.2, -0.15) is 11.8 Å². The number of hydrogen-bond acceptors (Lipinski definition) is 6. The zero-order valence-corrected chi connectivity index (χ0v) is 17.4. The Hall–Kier alpha value is -1.81. The smallest absolute Gasteiger partial charge is 0.325 e. The van der Waals surface area contributed by atoms with Gasteiger partial charge in [-0.3, -0.25) is 19.2 Å². The maximum Gasteiger partial charge on any atom is 0.325 e. The third-order valence-electron chi connectivity index (χ3n) is 3.73. The fourth-order valence-corrected chi connectivity index (χ4v) is 2.63. The Morgan fingerprint density at radius 3 is 1.89 bits per heavy atom. The summed E-state index contributed by atoms with van der Waals surface area (Å²) < 4.78 is 0. The zero-order valence-electron chi connectivity index (χ0n) is 16.6. The van der Waals surface area contributed by atoms with Crippen LogP contribution in [0.1, 0.15) is 40.5 Å². The Morgan fingerprint density at radius 2 is 1.44 bits per heavy atom. The van der Waals surface area contributed by atoms with Crippen LogP contribution in [-0.4, -0.2) is 65.0 Å². The van der Waals surface area contributed by atoms with Gasteiger partial charge >= 0.3 is 5.97 Å². The maximum atomic E-state index is 12.7. The predicted molar refractivity (Wildman–Crippen MR) is 105 cm³/mol. The maximum absolute atomic E-state index is 12.7. The van der Waals surface area contributed by atoms with Crippen molar-refractivity contribution in [2.24, 2.45) is 11.7 Å². The number of nitrogens with two attached hydrogens (primary N) is 1. The van der Waals surface area contributed by atoms with Crippen LogP contribution in [0.2, 0.25) is 0 Å². The molecule has 0 saturated heterocycles. The number of aliphatic carboxylic acids is 1. The van der Waals surface area contributed by atoms with Crippen LogP contribution >= 0.6 is 11.8 Å². The summed E-state index contributed by atoms with van der Waals surface area (Å²) in [6, 6.07) is -3.56. The van der Waals surface area contributed by atoms with Crippen LogP contribution in [0, 0.1) is 5.92 Å². The Morgan fingerprint density at radius 1 is 0.926 bits per heavy atom. The van der Waals surface area contributed by atoms with E-state index in [4.69, 9.17) is 10.8 Å². The van der Waals surface area contributed by atoms with Crippen molar-refractivity contribution in [1.82, 2.24) is 16.0 Å². The molecule has 0 aromatic carbocycles. The van der Waals surface area contributed by atoms with Gasteiger partial charge in [0.05, 0.1) is 6.04 Å². The topological polar surface area (TPSA) is 151 Å². The lowest BCUT2D eigenvalue weighted by molar-refractivity contribution is -0.141. The lowest BCUT2D eigenvalue weighted by atomic mass is 10.0. The van der Waals surface area contributed by atoms with E-state index in [1.165, 1.54) is 25.6 Å². The van der Waals surface area contributed by atoms with Crippen molar-refractivity contribution in [3.05, 3.63) is 0 Å². The Bertz CT molecular complexity index is 527. The van der Waals surface area contributed by atoms with Crippen LogP contribution in [0.4, 0.5) is 0 Å². The first-order chi connectivity index (χ1) is 12.5. The van der Waals surface area contributed by atoms with E-state index in [0.717, 1.165) is 0 Å². The lowest BCUT2D eigenvalue weighted by Gasteiger charge is -2.25. The Kier molecular flexibility index (Phi) is 11.7. The number of rotatable bonds is 12. The molecule has 0 aliphatic carbocycles. The summed E-state index contributed by atoms with van der Waals surface area (Å²) in [5.74, 6) is -1.97. The van der Waals surface area contributed by atoms with Crippen molar-refractivity contribution in [3.8, 4) is 0 Å². The van der Waals surface area contributed by atoms with Gasteiger partial charge in [0.25, 0.3) is 0 Å². The lowest BCUT2D eigenvalue weighted by Crippen LogP contribution is -2.57. The third-order valence-corrected chi connectivity index (χ3v) is 4.37. The molecule has 4 atom stereocenters. The molecule has 0 aliphatic heterocycles. The molecule has 0 heterocycles. The molecular formula is C17H32N4O5S. The number of hydrogen-bond donors (Lipinski definition) is 5. The van der Waals surface area contributed by atoms with E-state index in [1.807, 2.05) is 20.1 Å². The average molecular weight is 405 g/mol. The van der Waals surface area contributed by atoms with Crippen LogP contribution in [-0.2, 0) is 19.2 Å². The van der Waals surface area contributed by atoms with Crippen molar-refractivity contribution in [1.29, 1.82) is 0 Å². The second-order valence-electron chi connectivity index (χ2n) is 6.89. The fraction of sp³-hybridized carbons (Fsp3) is 0.765. The van der Waals surface area contributed by atoms with Gasteiger partial charge in [0, 0.05) is 0 Å². The molecule has 27 heavy (non-hydrogen) atoms. The van der Waals surface area contributed by atoms with Crippen molar-refractivity contribution in [2.75, 3.05) is 12.0 Å². The first-order valence-electron chi connectivity index (χ1n) is 8.88. The molecule has 9 nitrogen and oxygen atoms in total. The molecule has 0 saturated carbocycles. The molecule has 10 heteroatoms. The Balaban J connectivity index is 5.20. The second-order valence-corrected chi connectivity index (χ2v) is 7.88. The van der Waals surface area contributed by atoms with Crippen molar-refractivity contribution >= 4 is 35.5 Å². The predicted octanol–water partition coefficient (Wildman–Crippen LogP) is -0.308. The molecule has 6 N–H and O–H groups in total. The largest absolute Gasteiger partial charge is 0.480 e. The van der Waals surface area contributed by atoms with Gasteiger partial charge in [-0.05, 0) is 44.6 Å². The van der Waals surface area contributed by atoms with Crippen LogP contribution in [0.5, 0.6) is 0 Å². The van der Waals surface area contributed by atoms with Crippen molar-refractivity contribution < 1.29 is 24.3 Å². The van der Waals surface area contributed by atoms with E-state index in [-0.39, 0.29) is 5.92 Å². The van der Waals surface area contributed by atoms with Crippen LogP contribution in [0.3, 0.4) is 0 Å². The number of carboxylic acid groups (broad SMARTS) is 1. The van der Waals surface area contributed by atoms with E-state index >= 15 is 0 Å². The number of nitrogens with one attached hydrogen (secondary N) is 3. The van der Waals surface area contributed by atoms with Gasteiger partial charge in [0.15, 0.2) is 0 Å². The summed E-state index contributed by atoms with van der Waals surface area (Å²) in [4.78, 5) is 47.9. The molecule has 0 rings (SSSR count). The zero-order chi connectivity index (χ0) is 21.1. The Labute approximate surface area is 164 Å². The highest BCUT2D eigenvalue weighted by Gasteiger charge is 2.29. The van der Waals surface area contributed by atoms with Gasteiger partial charge < -0.3 is 26.8 Å². The minimum atomic E-state index is -1.17. The molecule has 156 valence electrons. The van der Waals surface area contributed by atoms with Crippen molar-refractivity contribution in [3.63, 3.8) is 0 Å². The molecule has 0 aliphatic rings. The summed E-state index contributed by atoms with van der Waals surface area (Å²) in [6.45, 7) is 6.68. The number of carbonyl (C=O) groups excluding carboxylic acids is 3. The minimum Gasteiger partial charge on any atom is -0.480 e. The molecule has 3 amide bonds. The van der Waals surface area contributed by atoms with Crippen LogP contribution in [0.25, 0.3) is 0 Å². The van der Waals surface area contributed by atoms with Gasteiger partial charge in [-0.1, -0.05) is 13.8 Å². The molecular weight excluding hydrogens is 372 g/mol. The van der Waals surface area contributed by atoms with E-state index in [9.17, 15) is 19.2 Å². The number of amides is 3. The SMILES string of the molecule is CSCCC(NC(=O)C(CC(C)C)NC(=O)C(C)N)C(=O)NC(C)C(=O)O. The molecule has 0 spiro atoms. The molecule has 0 bridgehead atoms. The molecule has 0 aromatic heterocycles. The summed E-state index contributed by atoms with van der Waals surface area (Å²) >= 11 is 1.50. The molecule has 0 radical (unpaired) electrons. The normalized spacial score (nSPS) is 15.4. The van der Waals surface area contributed by atoms with Crippen LogP contribution in [0.15, 0.2) is 0 Å². The summed E-state index contributed by atoms with van der Waals surface area (Å²) in [5, 5.41) is 16.5. The monoisotopic (exact) mass is 404 g/mol. The minimum absolute atomic E-state index is 0.125. The molecule has 0 aromatic rings. The summed E-state index contributed by atoms with van der Waals surface area (Å²) in [5.41, 5.74) is 5.55. The van der Waals surface area contributed by atoms with Crippen molar-refractivity contribution in [2.45, 2.75) is 64.7 Å². The first kappa shape index (κ1) is 25.2. The van der Waals surface area contributed by atoms with E-state index in [0.29, 0.717) is 18.6 Å². The second kappa shape index (κ2) is 12.6. The quantitative estimate of drug-likeness (QED) is 0.299. The first-order valence-corrected chi connectivity index (χ1v) is 10.3. The van der Waals surface area contributed by atoms with E-state index < -0.39 is 47.9 Å². The highest BCUT2D eigenvalue weighted by atomic mass is 32.2. The van der Waals surface area contributed by atoms with Gasteiger partial charge in [-0.15, -0.1) is 0 Å². The van der Waals surface area contributed by atoms with Gasteiger partial charge in [0.1, 0.15) is 18.1 Å².